The van der Waals surface area contributed by atoms with Gasteiger partial charge in [0, 0.05) is 19.0 Å². The number of carbonyl (C=O) groups is 2. The summed E-state index contributed by atoms with van der Waals surface area (Å²) in [5.41, 5.74) is 1.15. The van der Waals surface area contributed by atoms with Gasteiger partial charge in [-0.3, -0.25) is 13.8 Å². The van der Waals surface area contributed by atoms with E-state index >= 15 is 0 Å². The molecule has 0 saturated heterocycles. The van der Waals surface area contributed by atoms with Crippen molar-refractivity contribution in [1.29, 1.82) is 0 Å². The number of Topliss-reactive ketones (excluding diaryl/α,β-unsaturated/α-hetero) is 1. The molecule has 102 valence electrons. The van der Waals surface area contributed by atoms with Crippen molar-refractivity contribution in [1.82, 2.24) is 0 Å². The minimum Gasteiger partial charge on any atom is -0.313 e. The molecule has 0 spiro atoms. The summed E-state index contributed by atoms with van der Waals surface area (Å²) in [4.78, 5) is 26.0. The number of carbonyl (C=O) groups excluding carboxylic acids is 2. The van der Waals surface area contributed by atoms with E-state index in [9.17, 15) is 13.8 Å². The minimum absolute atomic E-state index is 0.0204. The first-order valence-electron chi connectivity index (χ1n) is 6.36. The van der Waals surface area contributed by atoms with Crippen LogP contribution in [0.1, 0.15) is 37.0 Å². The molecule has 1 heterocycles. The molecule has 0 fully saturated rings. The maximum Gasteiger partial charge on any atom is 0.242 e. The molecular formula is C14H17NO3S. The second kappa shape index (κ2) is 5.25. The van der Waals surface area contributed by atoms with Gasteiger partial charge in [0.1, 0.15) is 5.25 Å². The SMILES string of the molecule is CCC(=O)c1ccc2c(c1)N(C)C(=O)C(CC)S2=O. The van der Waals surface area contributed by atoms with Gasteiger partial charge in [-0.1, -0.05) is 19.9 Å². The highest BCUT2D eigenvalue weighted by atomic mass is 32.2. The van der Waals surface area contributed by atoms with Gasteiger partial charge in [-0.05, 0) is 18.6 Å². The average Bonchev–Trinajstić information content (AvgIpc) is 2.44. The second-order valence-corrected chi connectivity index (χ2v) is 6.15. The highest BCUT2D eigenvalue weighted by molar-refractivity contribution is 7.86. The fourth-order valence-electron chi connectivity index (χ4n) is 2.23. The van der Waals surface area contributed by atoms with Crippen LogP contribution in [0.2, 0.25) is 0 Å². The average molecular weight is 279 g/mol. The number of hydrogen-bond donors (Lipinski definition) is 0. The third-order valence-electron chi connectivity index (χ3n) is 3.42. The highest BCUT2D eigenvalue weighted by Gasteiger charge is 2.35. The quantitative estimate of drug-likeness (QED) is 0.797. The van der Waals surface area contributed by atoms with E-state index < -0.39 is 16.0 Å². The third-order valence-corrected chi connectivity index (χ3v) is 5.25. The first-order valence-corrected chi connectivity index (χ1v) is 7.57. The van der Waals surface area contributed by atoms with Crippen molar-refractivity contribution < 1.29 is 13.8 Å². The van der Waals surface area contributed by atoms with Crippen molar-refractivity contribution in [2.75, 3.05) is 11.9 Å². The number of ketones is 1. The topological polar surface area (TPSA) is 54.5 Å². The lowest BCUT2D eigenvalue weighted by Gasteiger charge is -2.30. The van der Waals surface area contributed by atoms with E-state index in [-0.39, 0.29) is 11.7 Å². The monoisotopic (exact) mass is 279 g/mol. The molecule has 4 nitrogen and oxygen atoms in total. The molecule has 0 radical (unpaired) electrons. The van der Waals surface area contributed by atoms with E-state index in [1.807, 2.05) is 6.92 Å². The lowest BCUT2D eigenvalue weighted by atomic mass is 10.1. The van der Waals surface area contributed by atoms with Crippen LogP contribution in [0.3, 0.4) is 0 Å². The number of amides is 1. The molecule has 0 aliphatic carbocycles. The van der Waals surface area contributed by atoms with E-state index in [2.05, 4.69) is 0 Å². The Hall–Kier alpha value is -1.49. The highest BCUT2D eigenvalue weighted by Crippen LogP contribution is 2.33. The fourth-order valence-corrected chi connectivity index (χ4v) is 3.79. The van der Waals surface area contributed by atoms with Crippen molar-refractivity contribution in [2.45, 2.75) is 36.8 Å². The molecule has 1 aromatic carbocycles. The maximum absolute atomic E-state index is 12.3. The maximum atomic E-state index is 12.3. The molecule has 2 rings (SSSR count). The van der Waals surface area contributed by atoms with Crippen LogP contribution in [0.15, 0.2) is 23.1 Å². The fraction of sp³-hybridized carbons (Fsp3) is 0.429. The summed E-state index contributed by atoms with van der Waals surface area (Å²) in [5.74, 6) is -0.124. The van der Waals surface area contributed by atoms with Gasteiger partial charge in [0.25, 0.3) is 0 Å². The molecule has 1 aromatic rings. The Kier molecular flexibility index (Phi) is 3.85. The molecule has 0 saturated carbocycles. The Balaban J connectivity index is 2.54. The van der Waals surface area contributed by atoms with Gasteiger partial charge in [0.05, 0.1) is 21.4 Å². The molecule has 1 aliphatic rings. The molecular weight excluding hydrogens is 262 g/mol. The molecule has 0 bridgehead atoms. The molecule has 2 unspecified atom stereocenters. The van der Waals surface area contributed by atoms with E-state index in [0.29, 0.717) is 29.0 Å². The second-order valence-electron chi connectivity index (χ2n) is 4.55. The first kappa shape index (κ1) is 13.9. The standard InChI is InChI=1S/C14H17NO3S/c1-4-11(16)9-6-7-13-10(8-9)15(3)14(17)12(5-2)19(13)18/h6-8,12H,4-5H2,1-3H3. The largest absolute Gasteiger partial charge is 0.313 e. The molecule has 1 aliphatic heterocycles. The smallest absolute Gasteiger partial charge is 0.242 e. The van der Waals surface area contributed by atoms with Gasteiger partial charge in [-0.25, -0.2) is 0 Å². The Morgan fingerprint density at radius 1 is 1.37 bits per heavy atom. The Morgan fingerprint density at radius 3 is 2.63 bits per heavy atom. The number of rotatable bonds is 3. The van der Waals surface area contributed by atoms with Gasteiger partial charge in [0.2, 0.25) is 5.91 Å². The molecule has 0 aromatic heterocycles. The van der Waals surface area contributed by atoms with Crippen LogP contribution < -0.4 is 4.90 Å². The molecule has 19 heavy (non-hydrogen) atoms. The van der Waals surface area contributed by atoms with Gasteiger partial charge < -0.3 is 4.90 Å². The number of nitrogens with zero attached hydrogens (tertiary/aromatic N) is 1. The van der Waals surface area contributed by atoms with Crippen LogP contribution in [0.4, 0.5) is 5.69 Å². The lowest BCUT2D eigenvalue weighted by Crippen LogP contribution is -2.43. The van der Waals surface area contributed by atoms with E-state index in [1.165, 1.54) is 4.90 Å². The van der Waals surface area contributed by atoms with Crippen molar-refractivity contribution in [3.63, 3.8) is 0 Å². The Bertz CT molecular complexity index is 568. The first-order chi connectivity index (χ1) is 9.01. The number of benzene rings is 1. The van der Waals surface area contributed by atoms with Crippen LogP contribution in [-0.2, 0) is 15.6 Å². The van der Waals surface area contributed by atoms with Gasteiger partial charge in [0.15, 0.2) is 5.78 Å². The lowest BCUT2D eigenvalue weighted by molar-refractivity contribution is -0.118. The zero-order valence-corrected chi connectivity index (χ0v) is 12.1. The van der Waals surface area contributed by atoms with Crippen molar-refractivity contribution in [3.8, 4) is 0 Å². The molecule has 5 heteroatoms. The minimum atomic E-state index is -1.33. The summed E-state index contributed by atoms with van der Waals surface area (Å²) < 4.78 is 12.3. The summed E-state index contributed by atoms with van der Waals surface area (Å²) >= 11 is 0. The molecule has 2 atom stereocenters. The zero-order valence-electron chi connectivity index (χ0n) is 11.3. The predicted molar refractivity (Wildman–Crippen MR) is 75.0 cm³/mol. The van der Waals surface area contributed by atoms with Gasteiger partial charge in [-0.15, -0.1) is 0 Å². The van der Waals surface area contributed by atoms with Gasteiger partial charge >= 0.3 is 0 Å². The molecule has 0 N–H and O–H groups in total. The van der Waals surface area contributed by atoms with Crippen molar-refractivity contribution in [2.24, 2.45) is 0 Å². The zero-order chi connectivity index (χ0) is 14.2. The van der Waals surface area contributed by atoms with Gasteiger partial charge in [-0.2, -0.15) is 0 Å². The summed E-state index contributed by atoms with van der Waals surface area (Å²) in [7, 11) is 0.337. The van der Waals surface area contributed by atoms with Crippen molar-refractivity contribution >= 4 is 28.2 Å². The van der Waals surface area contributed by atoms with Crippen molar-refractivity contribution in [3.05, 3.63) is 23.8 Å². The van der Waals surface area contributed by atoms with E-state index in [0.717, 1.165) is 0 Å². The number of hydrogen-bond acceptors (Lipinski definition) is 3. The molecule has 1 amide bonds. The Morgan fingerprint density at radius 2 is 2.05 bits per heavy atom. The summed E-state index contributed by atoms with van der Waals surface area (Å²) in [6, 6.07) is 5.07. The summed E-state index contributed by atoms with van der Waals surface area (Å²) in [6.45, 7) is 3.65. The summed E-state index contributed by atoms with van der Waals surface area (Å²) in [6.07, 6.45) is 0.960. The number of anilines is 1. The van der Waals surface area contributed by atoms with E-state index in [4.69, 9.17) is 0 Å². The predicted octanol–water partition coefficient (Wildman–Crippen LogP) is 2.14. The van der Waals surface area contributed by atoms with Crippen LogP contribution in [-0.4, -0.2) is 28.2 Å². The van der Waals surface area contributed by atoms with Crippen LogP contribution >= 0.6 is 0 Å². The Labute approximate surface area is 115 Å². The van der Waals surface area contributed by atoms with Crippen LogP contribution in [0.5, 0.6) is 0 Å². The van der Waals surface area contributed by atoms with Crippen LogP contribution in [0, 0.1) is 0 Å². The normalized spacial score (nSPS) is 22.3. The third kappa shape index (κ3) is 2.23. The summed E-state index contributed by atoms with van der Waals surface area (Å²) in [5, 5.41) is -0.481. The number of fused-ring (bicyclic) bond motifs is 1. The van der Waals surface area contributed by atoms with E-state index in [1.54, 1.807) is 32.2 Å². The van der Waals surface area contributed by atoms with Crippen LogP contribution in [0.25, 0.3) is 0 Å².